The molecule has 3 rings (SSSR count). The molecule has 8 heteroatoms. The Morgan fingerprint density at radius 1 is 0.846 bits per heavy atom. The van der Waals surface area contributed by atoms with Crippen molar-refractivity contribution in [3.8, 4) is 0 Å². The number of nitrogens with zero attached hydrogens (tertiary/aromatic N) is 2. The normalized spacial score (nSPS) is 12.5. The Kier molecular flexibility index (Phi) is 9.56. The second-order valence-corrected chi connectivity index (χ2v) is 12.7. The van der Waals surface area contributed by atoms with Crippen molar-refractivity contribution in [1.29, 1.82) is 0 Å². The highest BCUT2D eigenvalue weighted by Gasteiger charge is 2.34. The molecule has 0 aliphatic heterocycles. The van der Waals surface area contributed by atoms with Gasteiger partial charge in [0.2, 0.25) is 11.8 Å². The van der Waals surface area contributed by atoms with Crippen molar-refractivity contribution in [1.82, 2.24) is 10.2 Å². The highest BCUT2D eigenvalue weighted by Crippen LogP contribution is 2.25. The molecule has 0 heterocycles. The molecule has 208 valence electrons. The first-order valence-corrected chi connectivity index (χ1v) is 14.6. The molecule has 0 aromatic heterocycles. The lowest BCUT2D eigenvalue weighted by Crippen LogP contribution is -2.55. The van der Waals surface area contributed by atoms with Crippen molar-refractivity contribution in [2.45, 2.75) is 71.0 Å². The number of benzene rings is 3. The molecular formula is C31H39N3O4S. The van der Waals surface area contributed by atoms with E-state index in [1.54, 1.807) is 30.3 Å². The number of carbonyl (C=O) groups excluding carboxylic acids is 2. The topological polar surface area (TPSA) is 86.8 Å². The van der Waals surface area contributed by atoms with Crippen LogP contribution in [0.25, 0.3) is 0 Å². The van der Waals surface area contributed by atoms with Gasteiger partial charge in [0.05, 0.1) is 10.6 Å². The summed E-state index contributed by atoms with van der Waals surface area (Å²) in [7, 11) is -4.07. The Hall–Kier alpha value is -3.65. The van der Waals surface area contributed by atoms with Gasteiger partial charge in [-0.2, -0.15) is 0 Å². The summed E-state index contributed by atoms with van der Waals surface area (Å²) in [5.41, 5.74) is 2.78. The third-order valence-corrected chi connectivity index (χ3v) is 8.08. The van der Waals surface area contributed by atoms with Crippen molar-refractivity contribution in [2.75, 3.05) is 10.8 Å². The van der Waals surface area contributed by atoms with Gasteiger partial charge in [0.15, 0.2) is 0 Å². The van der Waals surface area contributed by atoms with Crippen molar-refractivity contribution in [3.05, 3.63) is 95.6 Å². The molecule has 0 bridgehead atoms. The molecule has 1 atom stereocenters. The van der Waals surface area contributed by atoms with E-state index >= 15 is 0 Å². The second kappa shape index (κ2) is 12.5. The maximum absolute atomic E-state index is 14.1. The molecule has 2 amide bonds. The Morgan fingerprint density at radius 3 is 1.90 bits per heavy atom. The van der Waals surface area contributed by atoms with E-state index < -0.39 is 34.1 Å². The van der Waals surface area contributed by atoms with Gasteiger partial charge in [0.25, 0.3) is 10.0 Å². The average molecular weight is 550 g/mol. The number of hydrogen-bond donors (Lipinski definition) is 1. The number of sulfonamides is 1. The molecule has 0 saturated carbocycles. The number of rotatable bonds is 10. The number of carbonyl (C=O) groups is 2. The van der Waals surface area contributed by atoms with Gasteiger partial charge in [-0.15, -0.1) is 0 Å². The maximum Gasteiger partial charge on any atom is 0.264 e. The van der Waals surface area contributed by atoms with Gasteiger partial charge < -0.3 is 10.2 Å². The molecule has 7 nitrogen and oxygen atoms in total. The van der Waals surface area contributed by atoms with E-state index in [0.717, 1.165) is 21.0 Å². The average Bonchev–Trinajstić information content (AvgIpc) is 2.88. The number of amides is 2. The SMILES string of the molecule is CC[C@@H](C(=O)NC(C)(C)C)N(Cc1ccc(C)cc1)C(=O)CN(c1ccc(C)cc1)S(=O)(=O)c1ccccc1. The van der Waals surface area contributed by atoms with E-state index in [1.165, 1.54) is 17.0 Å². The maximum atomic E-state index is 14.1. The number of hydrogen-bond acceptors (Lipinski definition) is 4. The Balaban J connectivity index is 2.05. The molecule has 0 spiro atoms. The van der Waals surface area contributed by atoms with Crippen LogP contribution in [0.3, 0.4) is 0 Å². The number of nitrogens with one attached hydrogen (secondary N) is 1. The Labute approximate surface area is 232 Å². The van der Waals surface area contributed by atoms with Gasteiger partial charge in [0, 0.05) is 12.1 Å². The van der Waals surface area contributed by atoms with Gasteiger partial charge in [-0.1, -0.05) is 72.6 Å². The van der Waals surface area contributed by atoms with Crippen molar-refractivity contribution < 1.29 is 18.0 Å². The second-order valence-electron chi connectivity index (χ2n) is 10.8. The van der Waals surface area contributed by atoms with Gasteiger partial charge >= 0.3 is 0 Å². The lowest BCUT2D eigenvalue weighted by molar-refractivity contribution is -0.141. The van der Waals surface area contributed by atoms with Crippen LogP contribution in [0.1, 0.15) is 50.8 Å². The van der Waals surface area contributed by atoms with Crippen LogP contribution in [-0.4, -0.2) is 43.3 Å². The standard InChI is InChI=1S/C31H39N3O4S/c1-7-28(30(36)32-31(4,5)6)33(21-25-17-13-23(2)14-18-25)29(35)22-34(26-19-15-24(3)16-20-26)39(37,38)27-11-9-8-10-12-27/h8-20,28H,7,21-22H2,1-6H3,(H,32,36)/t28-/m0/s1. The van der Waals surface area contributed by atoms with Crippen LogP contribution < -0.4 is 9.62 Å². The van der Waals surface area contributed by atoms with E-state index in [4.69, 9.17) is 0 Å². The third kappa shape index (κ3) is 7.93. The molecule has 3 aromatic carbocycles. The largest absolute Gasteiger partial charge is 0.350 e. The van der Waals surface area contributed by atoms with Gasteiger partial charge in [0.1, 0.15) is 12.6 Å². The van der Waals surface area contributed by atoms with E-state index in [1.807, 2.05) is 77.9 Å². The Bertz CT molecular complexity index is 1360. The van der Waals surface area contributed by atoms with Crippen LogP contribution in [-0.2, 0) is 26.2 Å². The quantitative estimate of drug-likeness (QED) is 0.376. The minimum absolute atomic E-state index is 0.0842. The lowest BCUT2D eigenvalue weighted by Gasteiger charge is -2.34. The highest BCUT2D eigenvalue weighted by atomic mass is 32.2. The fraction of sp³-hybridized carbons (Fsp3) is 0.355. The van der Waals surface area contributed by atoms with Crippen LogP contribution in [0.2, 0.25) is 0 Å². The van der Waals surface area contributed by atoms with Crippen molar-refractivity contribution in [2.24, 2.45) is 0 Å². The molecule has 0 saturated heterocycles. The molecule has 0 radical (unpaired) electrons. The molecule has 0 fully saturated rings. The van der Waals surface area contributed by atoms with Crippen LogP contribution in [0.15, 0.2) is 83.8 Å². The first-order chi connectivity index (χ1) is 18.3. The summed E-state index contributed by atoms with van der Waals surface area (Å²) in [5.74, 6) is -0.746. The van der Waals surface area contributed by atoms with E-state index in [0.29, 0.717) is 12.1 Å². The van der Waals surface area contributed by atoms with Crippen LogP contribution in [0.4, 0.5) is 5.69 Å². The molecule has 1 N–H and O–H groups in total. The molecular weight excluding hydrogens is 510 g/mol. The predicted octanol–water partition coefficient (Wildman–Crippen LogP) is 5.22. The molecule has 3 aromatic rings. The first-order valence-electron chi connectivity index (χ1n) is 13.1. The summed E-state index contributed by atoms with van der Waals surface area (Å²) >= 11 is 0. The third-order valence-electron chi connectivity index (χ3n) is 6.29. The van der Waals surface area contributed by atoms with Crippen LogP contribution in [0.5, 0.6) is 0 Å². The minimum atomic E-state index is -4.07. The fourth-order valence-electron chi connectivity index (χ4n) is 4.22. The summed E-state index contributed by atoms with van der Waals surface area (Å²) in [4.78, 5) is 29.0. The molecule has 39 heavy (non-hydrogen) atoms. The summed E-state index contributed by atoms with van der Waals surface area (Å²) in [6, 6.07) is 22.0. The summed E-state index contributed by atoms with van der Waals surface area (Å²) < 4.78 is 28.7. The Morgan fingerprint density at radius 2 is 1.38 bits per heavy atom. The zero-order chi connectivity index (χ0) is 28.8. The van der Waals surface area contributed by atoms with E-state index in [2.05, 4.69) is 5.32 Å². The zero-order valence-electron chi connectivity index (χ0n) is 23.6. The highest BCUT2D eigenvalue weighted by molar-refractivity contribution is 7.92. The molecule has 0 aliphatic carbocycles. The predicted molar refractivity (Wildman–Crippen MR) is 156 cm³/mol. The monoisotopic (exact) mass is 549 g/mol. The molecule has 0 unspecified atom stereocenters. The van der Waals surface area contributed by atoms with Gasteiger partial charge in [-0.25, -0.2) is 8.42 Å². The van der Waals surface area contributed by atoms with Crippen LogP contribution in [0, 0.1) is 13.8 Å². The lowest BCUT2D eigenvalue weighted by atomic mass is 10.1. The van der Waals surface area contributed by atoms with Gasteiger partial charge in [-0.3, -0.25) is 13.9 Å². The molecule has 0 aliphatic rings. The minimum Gasteiger partial charge on any atom is -0.350 e. The van der Waals surface area contributed by atoms with Crippen molar-refractivity contribution in [3.63, 3.8) is 0 Å². The number of aryl methyl sites for hydroxylation is 2. The smallest absolute Gasteiger partial charge is 0.264 e. The summed E-state index contributed by atoms with van der Waals surface area (Å²) in [6.07, 6.45) is 0.371. The summed E-state index contributed by atoms with van der Waals surface area (Å²) in [5, 5.41) is 2.98. The fourth-order valence-corrected chi connectivity index (χ4v) is 5.66. The van der Waals surface area contributed by atoms with E-state index in [-0.39, 0.29) is 17.3 Å². The van der Waals surface area contributed by atoms with Gasteiger partial charge in [-0.05, 0) is 70.9 Å². The van der Waals surface area contributed by atoms with Crippen LogP contribution >= 0.6 is 0 Å². The van der Waals surface area contributed by atoms with E-state index in [9.17, 15) is 18.0 Å². The number of anilines is 1. The first kappa shape index (κ1) is 29.9. The van der Waals surface area contributed by atoms with Crippen molar-refractivity contribution >= 4 is 27.5 Å². The summed E-state index contributed by atoms with van der Waals surface area (Å²) in [6.45, 7) is 11.1. The zero-order valence-corrected chi connectivity index (χ0v) is 24.5.